The van der Waals surface area contributed by atoms with Crippen molar-refractivity contribution < 1.29 is 4.79 Å². The van der Waals surface area contributed by atoms with Crippen LogP contribution in [0.3, 0.4) is 0 Å². The predicted octanol–water partition coefficient (Wildman–Crippen LogP) is 2.90. The number of ketones is 1. The van der Waals surface area contributed by atoms with Gasteiger partial charge in [0.25, 0.3) is 0 Å². The van der Waals surface area contributed by atoms with Crippen molar-refractivity contribution in [1.29, 1.82) is 0 Å². The van der Waals surface area contributed by atoms with Gasteiger partial charge in [0, 0.05) is 24.2 Å². The predicted molar refractivity (Wildman–Crippen MR) is 93.7 cm³/mol. The lowest BCUT2D eigenvalue weighted by atomic mass is 10.1. The zero-order chi connectivity index (χ0) is 16.9. The van der Waals surface area contributed by atoms with Gasteiger partial charge in [-0.05, 0) is 26.8 Å². The molecule has 0 saturated heterocycles. The van der Waals surface area contributed by atoms with Crippen LogP contribution in [-0.4, -0.2) is 39.6 Å². The Kier molecular flexibility index (Phi) is 3.51. The average Bonchev–Trinajstić information content (AvgIpc) is 3.05. The van der Waals surface area contributed by atoms with Crippen molar-refractivity contribution >= 4 is 23.4 Å². The number of hydrogen-bond acceptors (Lipinski definition) is 4. The van der Waals surface area contributed by atoms with Crippen LogP contribution in [0.25, 0.3) is 11.8 Å². The molecule has 0 bridgehead atoms. The maximum absolute atomic E-state index is 11.8. The quantitative estimate of drug-likeness (QED) is 0.857. The number of fused-ring (bicyclic) bond motifs is 1. The summed E-state index contributed by atoms with van der Waals surface area (Å²) in [5, 5.41) is 4.53. The first-order chi connectivity index (χ1) is 10.8. The number of nitrogens with zero attached hydrogens (tertiary/aromatic N) is 4. The van der Waals surface area contributed by atoms with Gasteiger partial charge in [-0.15, -0.1) is 0 Å². The first kappa shape index (κ1) is 15.3. The second-order valence-corrected chi connectivity index (χ2v) is 6.27. The Bertz CT molecular complexity index is 766. The van der Waals surface area contributed by atoms with Gasteiger partial charge in [-0.25, -0.2) is 4.68 Å². The lowest BCUT2D eigenvalue weighted by Gasteiger charge is -2.32. The van der Waals surface area contributed by atoms with Crippen molar-refractivity contribution in [2.24, 2.45) is 0 Å². The normalized spacial score (nSPS) is 17.0. The largest absolute Gasteiger partial charge is 0.363 e. The highest BCUT2D eigenvalue weighted by molar-refractivity contribution is 5.87. The third kappa shape index (κ3) is 2.23. The van der Waals surface area contributed by atoms with Crippen LogP contribution >= 0.6 is 0 Å². The molecule has 23 heavy (non-hydrogen) atoms. The molecule has 0 radical (unpaired) electrons. The molecule has 0 aliphatic carbocycles. The Morgan fingerprint density at radius 1 is 1.39 bits per heavy atom. The van der Waals surface area contributed by atoms with Gasteiger partial charge in [-0.2, -0.15) is 5.10 Å². The topological polar surface area (TPSA) is 41.4 Å². The molecule has 0 saturated carbocycles. The lowest BCUT2D eigenvalue weighted by molar-refractivity contribution is -0.115. The maximum Gasteiger partial charge on any atom is 0.149 e. The van der Waals surface area contributed by atoms with Gasteiger partial charge in [0.2, 0.25) is 0 Å². The summed E-state index contributed by atoms with van der Waals surface area (Å²) in [6.07, 6.45) is 1.70. The van der Waals surface area contributed by atoms with Crippen molar-refractivity contribution in [3.63, 3.8) is 0 Å². The highest BCUT2D eigenvalue weighted by atomic mass is 16.1. The van der Waals surface area contributed by atoms with Gasteiger partial charge in [-0.3, -0.25) is 4.79 Å². The van der Waals surface area contributed by atoms with Crippen LogP contribution < -0.4 is 4.90 Å². The van der Waals surface area contributed by atoms with Crippen LogP contribution in [-0.2, 0) is 4.79 Å². The molecular formula is C18H22N4O. The first-order valence-electron chi connectivity index (χ1n) is 7.73. The minimum absolute atomic E-state index is 0.0908. The van der Waals surface area contributed by atoms with E-state index >= 15 is 0 Å². The van der Waals surface area contributed by atoms with E-state index in [0.717, 1.165) is 40.7 Å². The molecule has 0 unspecified atom stereocenters. The van der Waals surface area contributed by atoms with E-state index in [1.165, 1.54) is 0 Å². The second kappa shape index (κ2) is 5.26. The van der Waals surface area contributed by atoms with Gasteiger partial charge in [0.05, 0.1) is 29.3 Å². The number of hydrogen-bond donors (Lipinski definition) is 0. The van der Waals surface area contributed by atoms with Crippen LogP contribution in [0.1, 0.15) is 26.5 Å². The van der Waals surface area contributed by atoms with E-state index in [9.17, 15) is 4.79 Å². The molecule has 120 valence electrons. The molecule has 5 heteroatoms. The number of rotatable bonds is 4. The summed E-state index contributed by atoms with van der Waals surface area (Å²) < 4.78 is 1.80. The molecule has 3 heterocycles. The molecule has 5 nitrogen and oxygen atoms in total. The van der Waals surface area contributed by atoms with E-state index in [1.54, 1.807) is 17.7 Å². The van der Waals surface area contributed by atoms with Gasteiger partial charge in [0.1, 0.15) is 11.6 Å². The molecule has 0 atom stereocenters. The molecule has 2 aliphatic heterocycles. The molecule has 0 amide bonds. The monoisotopic (exact) mass is 310 g/mol. The van der Waals surface area contributed by atoms with Crippen LogP contribution in [0.15, 0.2) is 42.8 Å². The Balaban J connectivity index is 2.14. The molecule has 0 spiro atoms. The number of Topliss-reactive ketones (excluding diaryl/α,β-unsaturated/α-hetero) is 1. The minimum atomic E-state index is 0.0908. The summed E-state index contributed by atoms with van der Waals surface area (Å²) in [7, 11) is 0. The molecule has 0 aromatic carbocycles. The molecule has 0 N–H and O–H groups in total. The first-order valence-corrected chi connectivity index (χ1v) is 7.73. The summed E-state index contributed by atoms with van der Waals surface area (Å²) in [5.74, 6) is 0.929. The minimum Gasteiger partial charge on any atom is -0.363 e. The Morgan fingerprint density at radius 3 is 2.65 bits per heavy atom. The zero-order valence-corrected chi connectivity index (χ0v) is 14.0. The summed E-state index contributed by atoms with van der Waals surface area (Å²) >= 11 is 0. The summed E-state index contributed by atoms with van der Waals surface area (Å²) in [6, 6.07) is 2.26. The molecular weight excluding hydrogens is 288 g/mol. The van der Waals surface area contributed by atoms with Crippen LogP contribution in [0.5, 0.6) is 0 Å². The van der Waals surface area contributed by atoms with Crippen molar-refractivity contribution in [1.82, 2.24) is 14.7 Å². The lowest BCUT2D eigenvalue weighted by Crippen LogP contribution is -2.34. The van der Waals surface area contributed by atoms with E-state index in [4.69, 9.17) is 0 Å². The average molecular weight is 310 g/mol. The molecule has 0 fully saturated rings. The van der Waals surface area contributed by atoms with Gasteiger partial charge < -0.3 is 9.80 Å². The zero-order valence-electron chi connectivity index (χ0n) is 14.0. The fraction of sp³-hybridized carbons (Fsp3) is 0.333. The Morgan fingerprint density at radius 2 is 2.09 bits per heavy atom. The van der Waals surface area contributed by atoms with Crippen LogP contribution in [0.2, 0.25) is 0 Å². The van der Waals surface area contributed by atoms with Crippen molar-refractivity contribution in [2.45, 2.75) is 26.8 Å². The second-order valence-electron chi connectivity index (χ2n) is 6.27. The van der Waals surface area contributed by atoms with E-state index in [-0.39, 0.29) is 5.78 Å². The Hall–Kier alpha value is -2.56. The third-order valence-corrected chi connectivity index (χ3v) is 4.31. The number of carbonyl (C=O) groups excluding carboxylic acids is 1. The van der Waals surface area contributed by atoms with Crippen LogP contribution in [0, 0.1) is 0 Å². The van der Waals surface area contributed by atoms with E-state index in [2.05, 4.69) is 43.6 Å². The van der Waals surface area contributed by atoms with Gasteiger partial charge >= 0.3 is 0 Å². The van der Waals surface area contributed by atoms with Crippen LogP contribution in [0.4, 0.5) is 5.82 Å². The number of anilines is 1. The fourth-order valence-electron chi connectivity index (χ4n) is 3.20. The highest BCUT2D eigenvalue weighted by Crippen LogP contribution is 2.43. The van der Waals surface area contributed by atoms with E-state index in [0.29, 0.717) is 12.6 Å². The number of carbonyl (C=O) groups is 1. The molecule has 1 aromatic rings. The Labute approximate surface area is 136 Å². The van der Waals surface area contributed by atoms with Gasteiger partial charge in [0.15, 0.2) is 0 Å². The van der Waals surface area contributed by atoms with Crippen molar-refractivity contribution in [2.75, 3.05) is 18.0 Å². The SMILES string of the molecule is C=Cc1cc2n(n1)C(=C)C1=C(C(=C)N(C(C)C)C1)N2CC(C)=O. The summed E-state index contributed by atoms with van der Waals surface area (Å²) in [4.78, 5) is 16.0. The molecule has 1 aromatic heterocycles. The standard InChI is InChI=1S/C18H22N4O/c1-7-15-8-17-21(9-12(4)23)18-14(6)20(11(2)3)10-16(18)13(5)22(17)19-15/h7-8,11H,1,5-6,9-10H2,2-4H3. The van der Waals surface area contributed by atoms with Gasteiger partial charge in [-0.1, -0.05) is 19.7 Å². The molecule has 2 aliphatic rings. The molecule has 3 rings (SSSR count). The number of aromatic nitrogens is 2. The summed E-state index contributed by atoms with van der Waals surface area (Å²) in [6.45, 7) is 19.1. The highest BCUT2D eigenvalue weighted by Gasteiger charge is 2.38. The van der Waals surface area contributed by atoms with E-state index < -0.39 is 0 Å². The van der Waals surface area contributed by atoms with Crippen molar-refractivity contribution in [3.8, 4) is 0 Å². The third-order valence-electron chi connectivity index (χ3n) is 4.31. The fourth-order valence-corrected chi connectivity index (χ4v) is 3.20. The smallest absolute Gasteiger partial charge is 0.149 e. The summed E-state index contributed by atoms with van der Waals surface area (Å²) in [5.41, 5.74) is 4.61. The maximum atomic E-state index is 11.8. The van der Waals surface area contributed by atoms with E-state index in [1.807, 2.05) is 11.0 Å². The van der Waals surface area contributed by atoms with Crippen molar-refractivity contribution in [3.05, 3.63) is 48.5 Å².